The maximum Gasteiger partial charge on any atom is 0.303 e. The van der Waals surface area contributed by atoms with Crippen molar-refractivity contribution >= 4 is 63.9 Å². The molecule has 0 bridgehead atoms. The van der Waals surface area contributed by atoms with Gasteiger partial charge < -0.3 is 30.1 Å². The first kappa shape index (κ1) is 30.1. The van der Waals surface area contributed by atoms with Gasteiger partial charge in [-0.1, -0.05) is 52.5 Å². The Balaban J connectivity index is 1.45. The lowest BCUT2D eigenvalue weighted by molar-refractivity contribution is -0.136. The Morgan fingerprint density at radius 1 is 0.868 bits per heavy atom. The zero-order valence-electron chi connectivity index (χ0n) is 20.0. The van der Waals surface area contributed by atoms with Crippen LogP contribution >= 0.6 is 46.4 Å². The van der Waals surface area contributed by atoms with Crippen molar-refractivity contribution in [3.05, 3.63) is 74.3 Å². The highest BCUT2D eigenvalue weighted by Gasteiger charge is 2.19. The number of anilines is 2. The zero-order valence-corrected chi connectivity index (χ0v) is 23.1. The summed E-state index contributed by atoms with van der Waals surface area (Å²) >= 11 is 25.1. The van der Waals surface area contributed by atoms with Crippen molar-refractivity contribution in [1.29, 1.82) is 0 Å². The van der Waals surface area contributed by atoms with Crippen LogP contribution in [0.2, 0.25) is 20.1 Å². The quantitative estimate of drug-likeness (QED) is 0.167. The second-order valence-electron chi connectivity index (χ2n) is 8.30. The standard InChI is InChI=1S/C26H26Cl4N2O6/c27-17-11-15(4-5-24(35)36)12-18(28)25(17)37-9-6-21(33)22(34)7-10-38-26-19(29)13-16(14-20(26)30)32-23-3-1-2-8-31-23/h1-3,8,11-14,21-22,33-34H,4-7,9-10H2,(H,31,32)(H,35,36)/t21-,22-/m0/s1. The monoisotopic (exact) mass is 602 g/mol. The lowest BCUT2D eigenvalue weighted by atomic mass is 10.1. The smallest absolute Gasteiger partial charge is 0.303 e. The second kappa shape index (κ2) is 14.6. The Morgan fingerprint density at radius 2 is 1.39 bits per heavy atom. The maximum absolute atomic E-state index is 10.7. The lowest BCUT2D eigenvalue weighted by Gasteiger charge is -2.19. The highest BCUT2D eigenvalue weighted by Crippen LogP contribution is 2.37. The third-order valence-corrected chi connectivity index (χ3v) is 6.51. The number of hydrogen-bond donors (Lipinski definition) is 4. The summed E-state index contributed by atoms with van der Waals surface area (Å²) in [6, 6.07) is 11.9. The van der Waals surface area contributed by atoms with Gasteiger partial charge in [0, 0.05) is 31.1 Å². The van der Waals surface area contributed by atoms with E-state index in [0.717, 1.165) is 0 Å². The average Bonchev–Trinajstić information content (AvgIpc) is 2.86. The van der Waals surface area contributed by atoms with Gasteiger partial charge in [0.2, 0.25) is 0 Å². The van der Waals surface area contributed by atoms with E-state index in [1.807, 2.05) is 6.07 Å². The molecule has 8 nitrogen and oxygen atoms in total. The summed E-state index contributed by atoms with van der Waals surface area (Å²) < 4.78 is 11.3. The van der Waals surface area contributed by atoms with E-state index in [2.05, 4.69) is 10.3 Å². The zero-order chi connectivity index (χ0) is 27.7. The van der Waals surface area contributed by atoms with Crippen LogP contribution in [0.1, 0.15) is 24.8 Å². The lowest BCUT2D eigenvalue weighted by Crippen LogP contribution is -2.29. The van der Waals surface area contributed by atoms with E-state index in [1.54, 1.807) is 42.6 Å². The number of rotatable bonds is 14. The molecule has 0 unspecified atom stereocenters. The van der Waals surface area contributed by atoms with Crippen molar-refractivity contribution in [3.8, 4) is 11.5 Å². The number of carbonyl (C=O) groups is 1. The van der Waals surface area contributed by atoms with Gasteiger partial charge in [0.25, 0.3) is 0 Å². The number of aliphatic carboxylic acids is 1. The number of benzene rings is 2. The molecule has 204 valence electrons. The number of nitrogens with zero attached hydrogens (tertiary/aromatic N) is 1. The molecule has 38 heavy (non-hydrogen) atoms. The molecule has 12 heteroatoms. The van der Waals surface area contributed by atoms with Crippen molar-refractivity contribution < 1.29 is 29.6 Å². The van der Waals surface area contributed by atoms with E-state index in [1.165, 1.54) is 0 Å². The second-order valence-corrected chi connectivity index (χ2v) is 9.93. The van der Waals surface area contributed by atoms with Crippen LogP contribution in [0, 0.1) is 0 Å². The largest absolute Gasteiger partial charge is 0.490 e. The average molecular weight is 604 g/mol. The Bertz CT molecular complexity index is 1190. The number of aromatic nitrogens is 1. The van der Waals surface area contributed by atoms with Crippen LogP contribution in [-0.2, 0) is 11.2 Å². The summed E-state index contributed by atoms with van der Waals surface area (Å²) in [6.07, 6.45) is -0.0839. The number of aliphatic hydroxyl groups excluding tert-OH is 2. The van der Waals surface area contributed by atoms with Crippen LogP contribution in [0.25, 0.3) is 0 Å². The topological polar surface area (TPSA) is 121 Å². The highest BCUT2D eigenvalue weighted by molar-refractivity contribution is 6.38. The molecular formula is C26H26Cl4N2O6. The van der Waals surface area contributed by atoms with Gasteiger partial charge in [0.05, 0.1) is 45.5 Å². The Hall–Kier alpha value is -2.46. The van der Waals surface area contributed by atoms with E-state index in [-0.39, 0.29) is 70.5 Å². The SMILES string of the molecule is O=C(O)CCc1cc(Cl)c(OCC[C@H](O)[C@@H](O)CCOc2c(Cl)cc(Nc3ccccn3)cc2Cl)c(Cl)c1. The molecule has 1 aromatic heterocycles. The fraction of sp³-hybridized carbons (Fsp3) is 0.308. The summed E-state index contributed by atoms with van der Waals surface area (Å²) in [4.78, 5) is 14.9. The molecule has 0 aliphatic carbocycles. The number of halogens is 4. The van der Waals surface area contributed by atoms with Gasteiger partial charge in [-0.25, -0.2) is 4.98 Å². The predicted octanol–water partition coefficient (Wildman–Crippen LogP) is 6.42. The van der Waals surface area contributed by atoms with Crippen LogP contribution < -0.4 is 14.8 Å². The molecule has 0 aliphatic rings. The first-order valence-electron chi connectivity index (χ1n) is 11.6. The number of carboxylic acids is 1. The van der Waals surface area contributed by atoms with Gasteiger partial charge in [-0.15, -0.1) is 0 Å². The Morgan fingerprint density at radius 3 is 1.87 bits per heavy atom. The number of carboxylic acid groups (broad SMARTS) is 1. The summed E-state index contributed by atoms with van der Waals surface area (Å²) in [5.74, 6) is 0.198. The number of pyridine rings is 1. The molecule has 3 aromatic rings. The van der Waals surface area contributed by atoms with E-state index in [4.69, 9.17) is 61.0 Å². The van der Waals surface area contributed by atoms with Crippen molar-refractivity contribution in [2.45, 2.75) is 37.9 Å². The third kappa shape index (κ3) is 9.08. The molecule has 0 saturated carbocycles. The molecule has 0 aliphatic heterocycles. The number of hydrogen-bond acceptors (Lipinski definition) is 7. The third-order valence-electron chi connectivity index (χ3n) is 5.39. The normalized spacial score (nSPS) is 12.6. The van der Waals surface area contributed by atoms with E-state index in [9.17, 15) is 15.0 Å². The molecule has 4 N–H and O–H groups in total. The maximum atomic E-state index is 10.7. The van der Waals surface area contributed by atoms with Gasteiger partial charge in [0.1, 0.15) is 5.82 Å². The molecule has 3 rings (SSSR count). The van der Waals surface area contributed by atoms with Crippen molar-refractivity contribution in [3.63, 3.8) is 0 Å². The van der Waals surface area contributed by atoms with E-state index >= 15 is 0 Å². The van der Waals surface area contributed by atoms with Crippen LogP contribution in [-0.4, -0.2) is 51.7 Å². The summed E-state index contributed by atoms with van der Waals surface area (Å²) in [7, 11) is 0. The predicted molar refractivity (Wildman–Crippen MR) is 149 cm³/mol. The van der Waals surface area contributed by atoms with Gasteiger partial charge in [0.15, 0.2) is 11.5 Å². The molecule has 0 radical (unpaired) electrons. The van der Waals surface area contributed by atoms with Crippen molar-refractivity contribution in [2.75, 3.05) is 18.5 Å². The molecule has 2 aromatic carbocycles. The first-order valence-corrected chi connectivity index (χ1v) is 13.1. The molecule has 0 saturated heterocycles. The summed E-state index contributed by atoms with van der Waals surface area (Å²) in [5, 5.41) is 33.6. The number of nitrogens with one attached hydrogen (secondary N) is 1. The molecule has 0 spiro atoms. The van der Waals surface area contributed by atoms with Gasteiger partial charge >= 0.3 is 5.97 Å². The van der Waals surface area contributed by atoms with Crippen LogP contribution in [0.3, 0.4) is 0 Å². The van der Waals surface area contributed by atoms with E-state index in [0.29, 0.717) is 17.1 Å². The summed E-state index contributed by atoms with van der Waals surface area (Å²) in [6.45, 7) is 0.0936. The Kier molecular flexibility index (Phi) is 11.6. The van der Waals surface area contributed by atoms with Gasteiger partial charge in [-0.05, 0) is 48.4 Å². The molecule has 0 amide bonds. The van der Waals surface area contributed by atoms with Crippen LogP contribution in [0.15, 0.2) is 48.7 Å². The minimum absolute atomic E-state index is 0.0371. The molecule has 1 heterocycles. The number of ether oxygens (including phenoxy) is 2. The van der Waals surface area contributed by atoms with Gasteiger partial charge in [-0.3, -0.25) is 4.79 Å². The fourth-order valence-corrected chi connectivity index (χ4v) is 4.69. The van der Waals surface area contributed by atoms with Gasteiger partial charge in [-0.2, -0.15) is 0 Å². The molecule has 0 fully saturated rings. The minimum Gasteiger partial charge on any atom is -0.490 e. The van der Waals surface area contributed by atoms with E-state index < -0.39 is 18.2 Å². The molecular weight excluding hydrogens is 578 g/mol. The Labute approximate surface area is 240 Å². The first-order chi connectivity index (χ1) is 18.1. The minimum atomic E-state index is -1.10. The van der Waals surface area contributed by atoms with Crippen LogP contribution in [0.5, 0.6) is 11.5 Å². The van der Waals surface area contributed by atoms with Crippen molar-refractivity contribution in [2.24, 2.45) is 0 Å². The highest BCUT2D eigenvalue weighted by atomic mass is 35.5. The number of aliphatic hydroxyl groups is 2. The molecule has 2 atom stereocenters. The van der Waals surface area contributed by atoms with Crippen LogP contribution in [0.4, 0.5) is 11.5 Å². The number of aryl methyl sites for hydroxylation is 1. The fourth-order valence-electron chi connectivity index (χ4n) is 3.45. The van der Waals surface area contributed by atoms with Crippen molar-refractivity contribution in [1.82, 2.24) is 4.98 Å². The summed E-state index contributed by atoms with van der Waals surface area (Å²) in [5.41, 5.74) is 1.31.